The minimum Gasteiger partial charge on any atom is -0.377 e. The van der Waals surface area contributed by atoms with E-state index >= 15 is 0 Å². The van der Waals surface area contributed by atoms with E-state index in [4.69, 9.17) is 4.74 Å². The molecule has 0 atom stereocenters. The average molecular weight is 218 g/mol. The van der Waals surface area contributed by atoms with Crippen LogP contribution in [-0.2, 0) is 11.2 Å². The molecule has 0 radical (unpaired) electrons. The summed E-state index contributed by atoms with van der Waals surface area (Å²) in [5, 5.41) is 0. The molecule has 2 heteroatoms. The Bertz CT molecular complexity index is 363. The topological polar surface area (TPSA) is 26.3 Å². The lowest BCUT2D eigenvalue weighted by Gasteiger charge is -2.05. The lowest BCUT2D eigenvalue weighted by molar-refractivity contribution is 0.0991. The number of Topliss-reactive ketones (excluding diaryl/α,β-unsaturated/α-hetero) is 1. The van der Waals surface area contributed by atoms with Gasteiger partial charge in [-0.25, -0.2) is 0 Å². The summed E-state index contributed by atoms with van der Waals surface area (Å²) in [6, 6.07) is 7.64. The number of ketones is 1. The van der Waals surface area contributed by atoms with Crippen LogP contribution < -0.4 is 0 Å². The summed E-state index contributed by atoms with van der Waals surface area (Å²) in [4.78, 5) is 11.9. The Morgan fingerprint density at radius 2 is 1.88 bits per heavy atom. The van der Waals surface area contributed by atoms with E-state index in [1.807, 2.05) is 31.2 Å². The van der Waals surface area contributed by atoms with E-state index in [0.29, 0.717) is 24.4 Å². The Balaban J connectivity index is 2.68. The highest BCUT2D eigenvalue weighted by molar-refractivity contribution is 6.08. The number of aryl methyl sites for hydroxylation is 1. The van der Waals surface area contributed by atoms with Crippen molar-refractivity contribution >= 4 is 5.78 Å². The normalized spacial score (nSPS) is 10.1. The first-order valence-corrected chi connectivity index (χ1v) is 5.58. The molecule has 1 aromatic carbocycles. The highest BCUT2D eigenvalue weighted by Crippen LogP contribution is 2.10. The minimum absolute atomic E-state index is 0.0314. The molecule has 0 aromatic heterocycles. The van der Waals surface area contributed by atoms with Crippen LogP contribution in [0.15, 0.2) is 36.4 Å². The maximum Gasteiger partial charge on any atom is 0.190 e. The number of carbonyl (C=O) groups excluding carboxylic acids is 1. The van der Waals surface area contributed by atoms with Gasteiger partial charge < -0.3 is 4.74 Å². The zero-order valence-electron chi connectivity index (χ0n) is 9.95. The third-order valence-corrected chi connectivity index (χ3v) is 2.43. The van der Waals surface area contributed by atoms with Crippen LogP contribution in [-0.4, -0.2) is 19.0 Å². The summed E-state index contributed by atoms with van der Waals surface area (Å²) >= 11 is 0. The van der Waals surface area contributed by atoms with Gasteiger partial charge in [0.2, 0.25) is 0 Å². The second-order valence-electron chi connectivity index (χ2n) is 3.62. The van der Waals surface area contributed by atoms with Gasteiger partial charge in [0.05, 0.1) is 6.61 Å². The van der Waals surface area contributed by atoms with Gasteiger partial charge in [0.15, 0.2) is 5.78 Å². The summed E-state index contributed by atoms with van der Waals surface area (Å²) < 4.78 is 5.16. The van der Waals surface area contributed by atoms with Gasteiger partial charge in [-0.05, 0) is 18.9 Å². The molecule has 0 aliphatic carbocycles. The molecule has 16 heavy (non-hydrogen) atoms. The van der Waals surface area contributed by atoms with Crippen molar-refractivity contribution in [2.24, 2.45) is 0 Å². The van der Waals surface area contributed by atoms with E-state index < -0.39 is 0 Å². The van der Waals surface area contributed by atoms with Crippen molar-refractivity contribution in [1.82, 2.24) is 0 Å². The Morgan fingerprint density at radius 1 is 1.25 bits per heavy atom. The lowest BCUT2D eigenvalue weighted by Crippen LogP contribution is -2.08. The molecular formula is C14H18O2. The van der Waals surface area contributed by atoms with Crippen molar-refractivity contribution in [2.45, 2.75) is 20.3 Å². The van der Waals surface area contributed by atoms with Gasteiger partial charge >= 0.3 is 0 Å². The van der Waals surface area contributed by atoms with Crippen LogP contribution in [0.25, 0.3) is 0 Å². The summed E-state index contributed by atoms with van der Waals surface area (Å²) in [5.41, 5.74) is 2.42. The smallest absolute Gasteiger partial charge is 0.190 e. The predicted octanol–water partition coefficient (Wildman–Crippen LogP) is 3.02. The quantitative estimate of drug-likeness (QED) is 0.542. The van der Waals surface area contributed by atoms with Gasteiger partial charge in [-0.3, -0.25) is 4.79 Å². The monoisotopic (exact) mass is 218 g/mol. The van der Waals surface area contributed by atoms with Crippen LogP contribution in [0.3, 0.4) is 0 Å². The molecule has 0 fully saturated rings. The SMILES string of the molecule is C=C(COCC)C(=O)c1ccc(CC)cc1. The first-order chi connectivity index (χ1) is 7.69. The summed E-state index contributed by atoms with van der Waals surface area (Å²) in [7, 11) is 0. The minimum atomic E-state index is -0.0314. The second-order valence-corrected chi connectivity index (χ2v) is 3.62. The average Bonchev–Trinajstić information content (AvgIpc) is 2.35. The van der Waals surface area contributed by atoms with Gasteiger partial charge in [-0.1, -0.05) is 37.8 Å². The molecule has 0 heterocycles. The molecule has 0 bridgehead atoms. The molecule has 0 saturated heterocycles. The van der Waals surface area contributed by atoms with Crippen LogP contribution in [0.2, 0.25) is 0 Å². The number of hydrogen-bond acceptors (Lipinski definition) is 2. The molecule has 0 aliphatic rings. The van der Waals surface area contributed by atoms with Crippen LogP contribution in [0.1, 0.15) is 29.8 Å². The third kappa shape index (κ3) is 3.31. The molecule has 0 N–H and O–H groups in total. The fourth-order valence-electron chi connectivity index (χ4n) is 1.39. The van der Waals surface area contributed by atoms with Gasteiger partial charge in [-0.15, -0.1) is 0 Å². The van der Waals surface area contributed by atoms with Crippen molar-refractivity contribution in [2.75, 3.05) is 13.2 Å². The van der Waals surface area contributed by atoms with Crippen LogP contribution in [0.4, 0.5) is 0 Å². The first-order valence-electron chi connectivity index (χ1n) is 5.58. The highest BCUT2D eigenvalue weighted by Gasteiger charge is 2.09. The van der Waals surface area contributed by atoms with Crippen molar-refractivity contribution in [3.63, 3.8) is 0 Å². The standard InChI is InChI=1S/C14H18O2/c1-4-12-6-8-13(9-7-12)14(15)11(3)10-16-5-2/h6-9H,3-5,10H2,1-2H3. The molecule has 0 saturated carbocycles. The number of carbonyl (C=O) groups is 1. The Kier molecular flexibility index (Phi) is 4.93. The molecule has 1 rings (SSSR count). The molecule has 86 valence electrons. The number of benzene rings is 1. The molecule has 1 aromatic rings. The fourth-order valence-corrected chi connectivity index (χ4v) is 1.39. The summed E-state index contributed by atoms with van der Waals surface area (Å²) in [5.74, 6) is -0.0314. The van der Waals surface area contributed by atoms with Gasteiger partial charge in [0.1, 0.15) is 0 Å². The molecule has 0 aliphatic heterocycles. The number of hydrogen-bond donors (Lipinski definition) is 0. The highest BCUT2D eigenvalue weighted by atomic mass is 16.5. The van der Waals surface area contributed by atoms with Crippen molar-refractivity contribution in [3.05, 3.63) is 47.5 Å². The van der Waals surface area contributed by atoms with E-state index in [2.05, 4.69) is 13.5 Å². The van der Waals surface area contributed by atoms with Gasteiger partial charge in [0, 0.05) is 17.7 Å². The molecule has 0 spiro atoms. The maximum absolute atomic E-state index is 11.9. The van der Waals surface area contributed by atoms with Crippen molar-refractivity contribution in [1.29, 1.82) is 0 Å². The molecule has 0 amide bonds. The zero-order chi connectivity index (χ0) is 12.0. The van der Waals surface area contributed by atoms with Crippen LogP contribution >= 0.6 is 0 Å². The first kappa shape index (κ1) is 12.7. The molecule has 0 unspecified atom stereocenters. The maximum atomic E-state index is 11.9. The van der Waals surface area contributed by atoms with E-state index in [1.54, 1.807) is 0 Å². The zero-order valence-corrected chi connectivity index (χ0v) is 9.95. The van der Waals surface area contributed by atoms with Gasteiger partial charge in [0.25, 0.3) is 0 Å². The van der Waals surface area contributed by atoms with E-state index in [0.717, 1.165) is 6.42 Å². The van der Waals surface area contributed by atoms with Crippen LogP contribution in [0, 0.1) is 0 Å². The van der Waals surface area contributed by atoms with Crippen molar-refractivity contribution in [3.8, 4) is 0 Å². The van der Waals surface area contributed by atoms with E-state index in [9.17, 15) is 4.79 Å². The largest absolute Gasteiger partial charge is 0.377 e. The Labute approximate surface area is 96.9 Å². The Hall–Kier alpha value is -1.41. The molecular weight excluding hydrogens is 200 g/mol. The van der Waals surface area contributed by atoms with E-state index in [1.165, 1.54) is 5.56 Å². The van der Waals surface area contributed by atoms with Crippen LogP contribution in [0.5, 0.6) is 0 Å². The molecule has 2 nitrogen and oxygen atoms in total. The fraction of sp³-hybridized carbons (Fsp3) is 0.357. The number of ether oxygens (including phenoxy) is 1. The summed E-state index contributed by atoms with van der Waals surface area (Å²) in [6.45, 7) is 8.63. The third-order valence-electron chi connectivity index (χ3n) is 2.43. The van der Waals surface area contributed by atoms with E-state index in [-0.39, 0.29) is 5.78 Å². The summed E-state index contributed by atoms with van der Waals surface area (Å²) in [6.07, 6.45) is 0.981. The second kappa shape index (κ2) is 6.23. The van der Waals surface area contributed by atoms with Crippen molar-refractivity contribution < 1.29 is 9.53 Å². The predicted molar refractivity (Wildman–Crippen MR) is 65.8 cm³/mol. The van der Waals surface area contributed by atoms with Gasteiger partial charge in [-0.2, -0.15) is 0 Å². The lowest BCUT2D eigenvalue weighted by atomic mass is 10.0. The number of rotatable bonds is 6. The Morgan fingerprint density at radius 3 is 2.38 bits per heavy atom.